The van der Waals surface area contributed by atoms with Gasteiger partial charge in [0.25, 0.3) is 5.91 Å². The number of aromatic nitrogens is 1. The summed E-state index contributed by atoms with van der Waals surface area (Å²) in [6, 6.07) is 3.51. The fourth-order valence-corrected chi connectivity index (χ4v) is 1.77. The molecular formula is C12H17N3OS. The lowest BCUT2D eigenvalue weighted by Gasteiger charge is -2.25. The normalized spacial score (nSPS) is 11.9. The topological polar surface area (TPSA) is 59.2 Å². The van der Waals surface area contributed by atoms with Gasteiger partial charge in [0.2, 0.25) is 0 Å². The molecule has 0 aliphatic carbocycles. The standard InChI is InChI=1S/C12H17N3OS/c1-8(7-11(13)17)15(3)12(16)10-5-4-6-14-9(10)2/h4-6,8H,7H2,1-3H3,(H2,13,17). The Kier molecular flexibility index (Phi) is 4.57. The van der Waals surface area contributed by atoms with E-state index in [1.54, 1.807) is 30.3 Å². The van der Waals surface area contributed by atoms with Crippen molar-refractivity contribution in [2.24, 2.45) is 5.73 Å². The summed E-state index contributed by atoms with van der Waals surface area (Å²) >= 11 is 4.85. The number of pyridine rings is 1. The van der Waals surface area contributed by atoms with Crippen LogP contribution in [0.5, 0.6) is 0 Å². The van der Waals surface area contributed by atoms with E-state index in [1.807, 2.05) is 13.8 Å². The first-order valence-corrected chi connectivity index (χ1v) is 5.81. The molecule has 1 aromatic heterocycles. The maximum Gasteiger partial charge on any atom is 0.255 e. The molecule has 4 nitrogen and oxygen atoms in total. The smallest absolute Gasteiger partial charge is 0.255 e. The number of rotatable bonds is 4. The van der Waals surface area contributed by atoms with Crippen molar-refractivity contribution in [3.63, 3.8) is 0 Å². The van der Waals surface area contributed by atoms with Crippen molar-refractivity contribution >= 4 is 23.1 Å². The van der Waals surface area contributed by atoms with E-state index in [2.05, 4.69) is 4.98 Å². The minimum atomic E-state index is -0.0562. The number of thiocarbonyl (C=S) groups is 1. The highest BCUT2D eigenvalue weighted by molar-refractivity contribution is 7.80. The number of carbonyl (C=O) groups excluding carboxylic acids is 1. The van der Waals surface area contributed by atoms with Gasteiger partial charge in [-0.3, -0.25) is 9.78 Å². The van der Waals surface area contributed by atoms with Crippen LogP contribution in [-0.2, 0) is 0 Å². The second-order valence-electron chi connectivity index (χ2n) is 4.07. The lowest BCUT2D eigenvalue weighted by molar-refractivity contribution is 0.0747. The minimum Gasteiger partial charge on any atom is -0.393 e. The SMILES string of the molecule is Cc1ncccc1C(=O)N(C)C(C)CC(N)=S. The summed E-state index contributed by atoms with van der Waals surface area (Å²) in [4.78, 5) is 18.4. The number of nitrogens with two attached hydrogens (primary N) is 1. The maximum atomic E-state index is 12.2. The molecule has 1 rings (SSSR count). The third-order valence-electron chi connectivity index (χ3n) is 2.72. The molecule has 17 heavy (non-hydrogen) atoms. The highest BCUT2D eigenvalue weighted by atomic mass is 32.1. The van der Waals surface area contributed by atoms with Gasteiger partial charge >= 0.3 is 0 Å². The van der Waals surface area contributed by atoms with Gasteiger partial charge in [-0.1, -0.05) is 12.2 Å². The first kappa shape index (κ1) is 13.6. The zero-order chi connectivity index (χ0) is 13.0. The molecule has 0 radical (unpaired) electrons. The number of hydrogen-bond donors (Lipinski definition) is 1. The molecule has 1 unspecified atom stereocenters. The fraction of sp³-hybridized carbons (Fsp3) is 0.417. The zero-order valence-electron chi connectivity index (χ0n) is 10.3. The van der Waals surface area contributed by atoms with E-state index in [-0.39, 0.29) is 11.9 Å². The van der Waals surface area contributed by atoms with Crippen molar-refractivity contribution in [1.29, 1.82) is 0 Å². The summed E-state index contributed by atoms with van der Waals surface area (Å²) in [5, 5.41) is 0. The molecule has 0 aromatic carbocycles. The highest BCUT2D eigenvalue weighted by Crippen LogP contribution is 2.11. The Morgan fingerprint density at radius 3 is 2.82 bits per heavy atom. The van der Waals surface area contributed by atoms with Crippen molar-refractivity contribution in [3.05, 3.63) is 29.6 Å². The van der Waals surface area contributed by atoms with E-state index in [9.17, 15) is 4.79 Å². The molecule has 1 aromatic rings. The Morgan fingerprint density at radius 2 is 2.29 bits per heavy atom. The van der Waals surface area contributed by atoms with E-state index in [0.717, 1.165) is 5.69 Å². The Labute approximate surface area is 107 Å². The molecule has 0 aliphatic heterocycles. The van der Waals surface area contributed by atoms with Crippen molar-refractivity contribution < 1.29 is 4.79 Å². The molecule has 1 amide bonds. The minimum absolute atomic E-state index is 0.0143. The molecule has 2 N–H and O–H groups in total. The fourth-order valence-electron chi connectivity index (χ4n) is 1.53. The van der Waals surface area contributed by atoms with Crippen molar-refractivity contribution in [2.75, 3.05) is 7.05 Å². The van der Waals surface area contributed by atoms with Crippen LogP contribution < -0.4 is 5.73 Å². The Balaban J connectivity index is 2.83. The van der Waals surface area contributed by atoms with Crippen LogP contribution in [0.2, 0.25) is 0 Å². The molecular weight excluding hydrogens is 234 g/mol. The lowest BCUT2D eigenvalue weighted by Crippen LogP contribution is -2.37. The van der Waals surface area contributed by atoms with E-state index in [4.69, 9.17) is 18.0 Å². The Hall–Kier alpha value is -1.49. The molecule has 5 heteroatoms. The molecule has 0 spiro atoms. The van der Waals surface area contributed by atoms with Gasteiger partial charge in [-0.2, -0.15) is 0 Å². The molecule has 1 atom stereocenters. The van der Waals surface area contributed by atoms with Gasteiger partial charge in [-0.15, -0.1) is 0 Å². The maximum absolute atomic E-state index is 12.2. The number of nitrogens with zero attached hydrogens (tertiary/aromatic N) is 2. The second kappa shape index (κ2) is 5.72. The Morgan fingerprint density at radius 1 is 1.65 bits per heavy atom. The van der Waals surface area contributed by atoms with Crippen molar-refractivity contribution in [2.45, 2.75) is 26.3 Å². The van der Waals surface area contributed by atoms with Gasteiger partial charge in [-0.05, 0) is 26.0 Å². The Bertz CT molecular complexity index is 434. The van der Waals surface area contributed by atoms with Gasteiger partial charge in [0.05, 0.1) is 10.6 Å². The molecule has 0 fully saturated rings. The molecule has 0 bridgehead atoms. The lowest BCUT2D eigenvalue weighted by atomic mass is 10.1. The zero-order valence-corrected chi connectivity index (χ0v) is 11.1. The van der Waals surface area contributed by atoms with Crippen LogP contribution in [0.1, 0.15) is 29.4 Å². The predicted octanol–water partition coefficient (Wildman–Crippen LogP) is 1.53. The number of amides is 1. The third kappa shape index (κ3) is 3.49. The molecule has 0 saturated carbocycles. The first-order chi connectivity index (χ1) is 7.93. The molecule has 0 saturated heterocycles. The summed E-state index contributed by atoms with van der Waals surface area (Å²) in [5.74, 6) is -0.0562. The summed E-state index contributed by atoms with van der Waals surface area (Å²) in [5.41, 5.74) is 6.83. The van der Waals surface area contributed by atoms with Crippen LogP contribution in [0.15, 0.2) is 18.3 Å². The van der Waals surface area contributed by atoms with E-state index in [1.165, 1.54) is 0 Å². The van der Waals surface area contributed by atoms with Crippen LogP contribution in [0, 0.1) is 6.92 Å². The van der Waals surface area contributed by atoms with Gasteiger partial charge in [-0.25, -0.2) is 0 Å². The monoisotopic (exact) mass is 251 g/mol. The van der Waals surface area contributed by atoms with Crippen molar-refractivity contribution in [1.82, 2.24) is 9.88 Å². The van der Waals surface area contributed by atoms with E-state index >= 15 is 0 Å². The predicted molar refractivity (Wildman–Crippen MR) is 71.9 cm³/mol. The average molecular weight is 251 g/mol. The quantitative estimate of drug-likeness (QED) is 0.824. The highest BCUT2D eigenvalue weighted by Gasteiger charge is 2.19. The molecule has 1 heterocycles. The largest absolute Gasteiger partial charge is 0.393 e. The van der Waals surface area contributed by atoms with E-state index in [0.29, 0.717) is 17.0 Å². The van der Waals surface area contributed by atoms with Crippen LogP contribution in [-0.4, -0.2) is 33.9 Å². The summed E-state index contributed by atoms with van der Waals surface area (Å²) in [6.45, 7) is 3.74. The van der Waals surface area contributed by atoms with Gasteiger partial charge < -0.3 is 10.6 Å². The second-order valence-corrected chi connectivity index (χ2v) is 4.60. The van der Waals surface area contributed by atoms with E-state index < -0.39 is 0 Å². The van der Waals surface area contributed by atoms with Crippen LogP contribution in [0.3, 0.4) is 0 Å². The summed E-state index contributed by atoms with van der Waals surface area (Å²) in [7, 11) is 1.75. The number of aryl methyl sites for hydroxylation is 1. The van der Waals surface area contributed by atoms with Gasteiger partial charge in [0.1, 0.15) is 0 Å². The van der Waals surface area contributed by atoms with Gasteiger partial charge in [0.15, 0.2) is 0 Å². The van der Waals surface area contributed by atoms with Crippen LogP contribution >= 0.6 is 12.2 Å². The van der Waals surface area contributed by atoms with Crippen LogP contribution in [0.25, 0.3) is 0 Å². The molecule has 0 aliphatic rings. The summed E-state index contributed by atoms with van der Waals surface area (Å²) in [6.07, 6.45) is 2.20. The summed E-state index contributed by atoms with van der Waals surface area (Å²) < 4.78 is 0. The average Bonchev–Trinajstić information content (AvgIpc) is 2.27. The van der Waals surface area contributed by atoms with Crippen molar-refractivity contribution in [3.8, 4) is 0 Å². The number of carbonyl (C=O) groups is 1. The number of hydrogen-bond acceptors (Lipinski definition) is 3. The van der Waals surface area contributed by atoms with Crippen LogP contribution in [0.4, 0.5) is 0 Å². The first-order valence-electron chi connectivity index (χ1n) is 5.40. The third-order valence-corrected chi connectivity index (χ3v) is 2.88. The van der Waals surface area contributed by atoms with Gasteiger partial charge in [0, 0.05) is 31.4 Å². The molecule has 92 valence electrons.